The Bertz CT molecular complexity index is 1310. The third kappa shape index (κ3) is 26.5. The Kier molecular flexibility index (Phi) is 19.0. The molecule has 302 valence electrons. The van der Waals surface area contributed by atoms with Gasteiger partial charge in [0, 0.05) is 17.5 Å². The lowest BCUT2D eigenvalue weighted by molar-refractivity contribution is -0.151. The molecule has 20 nitrogen and oxygen atoms in total. The van der Waals surface area contributed by atoms with Crippen LogP contribution in [0.25, 0.3) is 0 Å². The van der Waals surface area contributed by atoms with Gasteiger partial charge in [-0.25, -0.2) is 24.0 Å². The number of esters is 1. The Labute approximate surface area is 313 Å². The van der Waals surface area contributed by atoms with Gasteiger partial charge in [-0.05, 0) is 83.1 Å². The summed E-state index contributed by atoms with van der Waals surface area (Å²) in [5, 5.41) is 19.0. The van der Waals surface area contributed by atoms with Gasteiger partial charge in [0.2, 0.25) is 11.9 Å². The first-order valence-electron chi connectivity index (χ1n) is 16.2. The molecule has 0 aromatic rings. The number of aliphatic carboxylic acids is 1. The van der Waals surface area contributed by atoms with Crippen molar-refractivity contribution in [3.63, 3.8) is 0 Å². The second-order valence-electron chi connectivity index (χ2n) is 15.1. The number of halogens is 1. The number of aliphatic imine (C=N–C) groups is 2. The minimum atomic E-state index is -1.55. The van der Waals surface area contributed by atoms with E-state index in [1.165, 1.54) is 0 Å². The van der Waals surface area contributed by atoms with E-state index in [0.29, 0.717) is 0 Å². The average Bonchev–Trinajstić information content (AvgIpc) is 2.89. The first-order valence-corrected chi connectivity index (χ1v) is 16.6. The van der Waals surface area contributed by atoms with Crippen LogP contribution in [0.3, 0.4) is 0 Å². The van der Waals surface area contributed by atoms with Crippen LogP contribution in [0.1, 0.15) is 89.5 Å². The van der Waals surface area contributed by atoms with E-state index in [9.17, 15) is 38.7 Å². The van der Waals surface area contributed by atoms with Crippen LogP contribution in [0, 0.1) is 11.8 Å². The van der Waals surface area contributed by atoms with Crippen molar-refractivity contribution in [3.8, 4) is 0 Å². The molecule has 0 radical (unpaired) electrons. The summed E-state index contributed by atoms with van der Waals surface area (Å²) >= 11 is 5.30. The fourth-order valence-corrected chi connectivity index (χ4v) is 3.49. The highest BCUT2D eigenvalue weighted by molar-refractivity contribution is 6.61. The number of carbonyl (C=O) groups is 7. The van der Waals surface area contributed by atoms with Gasteiger partial charge in [0.15, 0.2) is 0 Å². The number of nitrogens with zero attached hydrogens (tertiary/aromatic N) is 2. The van der Waals surface area contributed by atoms with Crippen molar-refractivity contribution in [2.24, 2.45) is 21.8 Å². The third-order valence-electron chi connectivity index (χ3n) is 5.26. The fraction of sp³-hybridized carbons (Fsp3) is 0.719. The first kappa shape index (κ1) is 48.1. The molecule has 0 saturated heterocycles. The summed E-state index contributed by atoms with van der Waals surface area (Å²) in [6.07, 6.45) is -4.42. The number of hydrogen-bond acceptors (Lipinski definition) is 15. The molecule has 0 aliphatic carbocycles. The van der Waals surface area contributed by atoms with Crippen molar-refractivity contribution >= 4 is 65.3 Å². The van der Waals surface area contributed by atoms with Gasteiger partial charge in [0.05, 0.1) is 38.6 Å². The molecule has 0 aliphatic rings. The molecular weight excluding hydrogens is 728 g/mol. The predicted octanol–water partition coefficient (Wildman–Crippen LogP) is 4.42. The van der Waals surface area contributed by atoms with Gasteiger partial charge >= 0.3 is 41.7 Å². The largest absolute Gasteiger partial charge is 0.481 e. The summed E-state index contributed by atoms with van der Waals surface area (Å²) in [4.78, 5) is 93.8. The molecule has 0 aliphatic heterocycles. The number of carboxylic acids is 1. The standard InChI is InChI=1S/C32H53ClN6O14/c1-29(2,3)50-25(44)36-23(37-26(45)51-30(4,5)6)34-14-13-20(40)48-16-18(17-49-22(33)43)19(21(41)42)15-35-24(38-27(46)52-31(7,8)9)39-28(47)53-32(10,11)12/h18-19H,13-17H2,1-12H3,(H,41,42)(H2,34,36,37,44,45)(H2,35,38,39,46,47). The maximum atomic E-state index is 12.7. The molecule has 0 fully saturated rings. The molecule has 0 heterocycles. The molecule has 0 aromatic heterocycles. The van der Waals surface area contributed by atoms with Gasteiger partial charge in [-0.15, -0.1) is 0 Å². The lowest BCUT2D eigenvalue weighted by Crippen LogP contribution is -2.47. The Morgan fingerprint density at radius 2 is 0.925 bits per heavy atom. The monoisotopic (exact) mass is 780 g/mol. The number of guanidine groups is 2. The van der Waals surface area contributed by atoms with E-state index in [-0.39, 0.29) is 6.54 Å². The van der Waals surface area contributed by atoms with Crippen LogP contribution in [0.4, 0.5) is 24.0 Å². The molecule has 5 N–H and O–H groups in total. The van der Waals surface area contributed by atoms with Crippen LogP contribution in [0.2, 0.25) is 0 Å². The van der Waals surface area contributed by atoms with Crippen molar-refractivity contribution in [3.05, 3.63) is 0 Å². The lowest BCUT2D eigenvalue weighted by Gasteiger charge is -2.24. The Morgan fingerprint density at radius 3 is 1.25 bits per heavy atom. The van der Waals surface area contributed by atoms with E-state index in [1.807, 2.05) is 0 Å². The highest BCUT2D eigenvalue weighted by Crippen LogP contribution is 2.17. The van der Waals surface area contributed by atoms with Gasteiger partial charge in [0.1, 0.15) is 22.4 Å². The minimum Gasteiger partial charge on any atom is -0.481 e. The summed E-state index contributed by atoms with van der Waals surface area (Å²) in [5.74, 6) is -6.11. The summed E-state index contributed by atoms with van der Waals surface area (Å²) < 4.78 is 30.7. The number of rotatable bonds is 11. The predicted molar refractivity (Wildman–Crippen MR) is 189 cm³/mol. The molecule has 2 unspecified atom stereocenters. The van der Waals surface area contributed by atoms with E-state index in [0.717, 1.165) is 0 Å². The Balaban J connectivity index is 6.03. The summed E-state index contributed by atoms with van der Waals surface area (Å²) in [7, 11) is 0. The second-order valence-corrected chi connectivity index (χ2v) is 15.4. The van der Waals surface area contributed by atoms with E-state index in [1.54, 1.807) is 83.1 Å². The summed E-state index contributed by atoms with van der Waals surface area (Å²) in [6, 6.07) is 0. The highest BCUT2D eigenvalue weighted by atomic mass is 35.5. The van der Waals surface area contributed by atoms with Gasteiger partial charge in [0.25, 0.3) is 0 Å². The van der Waals surface area contributed by atoms with Crippen LogP contribution >= 0.6 is 11.6 Å². The fourth-order valence-electron chi connectivity index (χ4n) is 3.42. The maximum absolute atomic E-state index is 12.7. The number of nitrogens with one attached hydrogen (secondary N) is 4. The molecular formula is C32H53ClN6O14. The van der Waals surface area contributed by atoms with Crippen LogP contribution in [-0.4, -0.2) is 107 Å². The summed E-state index contributed by atoms with van der Waals surface area (Å²) in [6.45, 7) is 16.9. The zero-order valence-electron chi connectivity index (χ0n) is 32.2. The molecule has 0 aromatic carbocycles. The number of hydrogen-bond donors (Lipinski definition) is 5. The quantitative estimate of drug-likeness (QED) is 0.0639. The molecule has 0 rings (SSSR count). The van der Waals surface area contributed by atoms with Gasteiger partial charge in [-0.2, -0.15) is 0 Å². The van der Waals surface area contributed by atoms with E-state index in [2.05, 4.69) is 31.3 Å². The number of carbonyl (C=O) groups excluding carboxylic acids is 6. The van der Waals surface area contributed by atoms with E-state index in [4.69, 9.17) is 40.0 Å². The second kappa shape index (κ2) is 21.0. The molecule has 53 heavy (non-hydrogen) atoms. The van der Waals surface area contributed by atoms with Crippen molar-refractivity contribution < 1.29 is 67.1 Å². The van der Waals surface area contributed by atoms with E-state index >= 15 is 0 Å². The molecule has 2 atom stereocenters. The molecule has 4 amide bonds. The zero-order chi connectivity index (χ0) is 41.4. The van der Waals surface area contributed by atoms with Crippen molar-refractivity contribution in [1.82, 2.24) is 21.3 Å². The number of ether oxygens (including phenoxy) is 6. The normalized spacial score (nSPS) is 12.7. The van der Waals surface area contributed by atoms with E-state index < -0.39 is 114 Å². The topological polar surface area (TPSA) is 268 Å². The van der Waals surface area contributed by atoms with Gasteiger partial charge in [-0.1, -0.05) is 0 Å². The minimum absolute atomic E-state index is 0.343. The molecule has 21 heteroatoms. The molecule has 0 bridgehead atoms. The van der Waals surface area contributed by atoms with Crippen LogP contribution < -0.4 is 21.3 Å². The molecule has 0 saturated carbocycles. The number of carboxylic acid groups (broad SMARTS) is 1. The first-order chi connectivity index (χ1) is 23.9. The van der Waals surface area contributed by atoms with Crippen LogP contribution in [-0.2, 0) is 38.0 Å². The SMILES string of the molecule is CC(C)(C)OC(=O)NC(=NCCC(=O)OCC(COC(=O)Cl)C(CN=C(NC(=O)OC(C)(C)C)NC(=O)OC(C)(C)C)C(=O)O)NC(=O)OC(C)(C)C. The maximum Gasteiger partial charge on any atom is 0.414 e. The van der Waals surface area contributed by atoms with Crippen LogP contribution in [0.15, 0.2) is 9.98 Å². The molecule has 0 spiro atoms. The summed E-state index contributed by atoms with van der Waals surface area (Å²) in [5.41, 5.74) is -4.93. The number of amides is 4. The average molecular weight is 781 g/mol. The van der Waals surface area contributed by atoms with Crippen LogP contribution in [0.5, 0.6) is 0 Å². The van der Waals surface area contributed by atoms with Gasteiger partial charge in [-0.3, -0.25) is 40.8 Å². The Morgan fingerprint density at radius 1 is 0.585 bits per heavy atom. The smallest absolute Gasteiger partial charge is 0.414 e. The Hall–Kier alpha value is -4.88. The lowest BCUT2D eigenvalue weighted by atomic mass is 9.93. The zero-order valence-corrected chi connectivity index (χ0v) is 33.0. The van der Waals surface area contributed by atoms with Gasteiger partial charge < -0.3 is 33.5 Å². The highest BCUT2D eigenvalue weighted by Gasteiger charge is 2.32. The van der Waals surface area contributed by atoms with Crippen molar-refractivity contribution in [1.29, 1.82) is 0 Å². The third-order valence-corrected chi connectivity index (χ3v) is 5.37. The number of alkyl carbamates (subject to hydrolysis) is 4. The van der Waals surface area contributed by atoms with Crippen molar-refractivity contribution in [2.45, 2.75) is 112 Å². The van der Waals surface area contributed by atoms with Crippen molar-refractivity contribution in [2.75, 3.05) is 26.3 Å².